The van der Waals surface area contributed by atoms with Crippen LogP contribution in [-0.2, 0) is 16.0 Å². The van der Waals surface area contributed by atoms with E-state index in [1.807, 2.05) is 24.3 Å². The number of ether oxygens (including phenoxy) is 3. The summed E-state index contributed by atoms with van der Waals surface area (Å²) in [5.74, 6) is -0.221. The van der Waals surface area contributed by atoms with Gasteiger partial charge in [0.15, 0.2) is 0 Å². The number of hydrogen-bond donors (Lipinski definition) is 0. The molecule has 0 radical (unpaired) electrons. The molecule has 0 aliphatic carbocycles. The maximum atomic E-state index is 13.4. The predicted molar refractivity (Wildman–Crippen MR) is 97.3 cm³/mol. The number of fused-ring (bicyclic) bond motifs is 1. The highest BCUT2D eigenvalue weighted by Crippen LogP contribution is 2.38. The third-order valence-corrected chi connectivity index (χ3v) is 4.29. The zero-order valence-electron chi connectivity index (χ0n) is 15.4. The lowest BCUT2D eigenvalue weighted by Gasteiger charge is -2.28. The van der Waals surface area contributed by atoms with Gasteiger partial charge in [-0.3, -0.25) is 0 Å². The molecule has 0 N–H and O–H groups in total. The van der Waals surface area contributed by atoms with E-state index in [-0.39, 0.29) is 12.4 Å². The van der Waals surface area contributed by atoms with E-state index < -0.39 is 23.8 Å². The molecule has 1 heterocycles. The van der Waals surface area contributed by atoms with Gasteiger partial charge in [-0.2, -0.15) is 13.2 Å². The highest BCUT2D eigenvalue weighted by Gasteiger charge is 2.48. The highest BCUT2D eigenvalue weighted by molar-refractivity contribution is 5.96. The Morgan fingerprint density at radius 3 is 2.39 bits per heavy atom. The van der Waals surface area contributed by atoms with Crippen molar-refractivity contribution >= 4 is 12.0 Å². The number of carbonyl (C=O) groups excluding carboxylic acids is 1. The molecular weight excluding hydrogens is 373 g/mol. The Kier molecular flexibility index (Phi) is 5.63. The molecule has 3 rings (SSSR count). The van der Waals surface area contributed by atoms with Gasteiger partial charge >= 0.3 is 12.1 Å². The Morgan fingerprint density at radius 1 is 1.11 bits per heavy atom. The fourth-order valence-corrected chi connectivity index (χ4v) is 2.95. The summed E-state index contributed by atoms with van der Waals surface area (Å²) in [6, 6.07) is 12.4. The summed E-state index contributed by atoms with van der Waals surface area (Å²) in [6.45, 7) is 1.51. The molecule has 2 aromatic rings. The number of rotatable bonds is 5. The van der Waals surface area contributed by atoms with Gasteiger partial charge in [-0.25, -0.2) is 4.79 Å². The topological polar surface area (TPSA) is 44.8 Å². The quantitative estimate of drug-likeness (QED) is 0.700. The Balaban J connectivity index is 1.89. The summed E-state index contributed by atoms with van der Waals surface area (Å²) < 4.78 is 55.3. The average molecular weight is 392 g/mol. The van der Waals surface area contributed by atoms with Gasteiger partial charge in [0.2, 0.25) is 6.10 Å². The molecular formula is C21H19F3O4. The van der Waals surface area contributed by atoms with Gasteiger partial charge in [0.05, 0.1) is 19.3 Å². The van der Waals surface area contributed by atoms with Crippen LogP contribution in [0.4, 0.5) is 13.2 Å². The fourth-order valence-electron chi connectivity index (χ4n) is 2.95. The average Bonchev–Trinajstić information content (AvgIpc) is 2.67. The Hall–Kier alpha value is -2.96. The fraction of sp³-hybridized carbons (Fsp3) is 0.286. The molecule has 1 aliphatic heterocycles. The molecule has 0 amide bonds. The van der Waals surface area contributed by atoms with Crippen molar-refractivity contribution in [1.82, 2.24) is 0 Å². The van der Waals surface area contributed by atoms with Crippen LogP contribution in [0.25, 0.3) is 6.08 Å². The number of esters is 1. The van der Waals surface area contributed by atoms with Crippen LogP contribution in [0.15, 0.2) is 48.0 Å². The van der Waals surface area contributed by atoms with Crippen molar-refractivity contribution in [2.24, 2.45) is 0 Å². The second kappa shape index (κ2) is 7.96. The van der Waals surface area contributed by atoms with Crippen LogP contribution in [0.3, 0.4) is 0 Å². The van der Waals surface area contributed by atoms with Gasteiger partial charge in [0.1, 0.15) is 11.5 Å². The Labute approximate surface area is 160 Å². The summed E-state index contributed by atoms with van der Waals surface area (Å²) in [5, 5.41) is 0. The van der Waals surface area contributed by atoms with Crippen LogP contribution in [0.5, 0.6) is 11.5 Å². The summed E-state index contributed by atoms with van der Waals surface area (Å²) in [5.41, 5.74) is 1.62. The van der Waals surface area contributed by atoms with Gasteiger partial charge < -0.3 is 14.2 Å². The minimum atomic E-state index is -4.73. The predicted octanol–water partition coefficient (Wildman–Crippen LogP) is 4.56. The molecule has 0 saturated heterocycles. The second-order valence-electron chi connectivity index (χ2n) is 6.26. The first kappa shape index (κ1) is 19.8. The number of benzene rings is 2. The maximum absolute atomic E-state index is 13.4. The number of carbonyl (C=O) groups is 1. The van der Waals surface area contributed by atoms with Crippen LogP contribution >= 0.6 is 0 Å². The standard InChI is InChI=1S/C21H19F3O4/c1-3-27-20(25)17-12-15-7-4-14(10-13-5-8-16(26-2)9-6-13)11-18(15)28-19(17)21(22,23)24/h4-9,11-12,19H,3,10H2,1-2H3. The largest absolute Gasteiger partial charge is 0.497 e. The molecule has 1 atom stereocenters. The third kappa shape index (κ3) is 4.30. The van der Waals surface area contributed by atoms with E-state index in [0.29, 0.717) is 12.0 Å². The smallest absolute Gasteiger partial charge is 0.430 e. The summed E-state index contributed by atoms with van der Waals surface area (Å²) in [6.07, 6.45) is -5.38. The first-order valence-electron chi connectivity index (χ1n) is 8.69. The van der Waals surface area contributed by atoms with Crippen molar-refractivity contribution in [3.05, 3.63) is 64.7 Å². The van der Waals surface area contributed by atoms with E-state index in [1.54, 1.807) is 25.3 Å². The van der Waals surface area contributed by atoms with E-state index in [2.05, 4.69) is 0 Å². The van der Waals surface area contributed by atoms with Gasteiger partial charge in [0, 0.05) is 5.56 Å². The van der Waals surface area contributed by atoms with E-state index >= 15 is 0 Å². The highest BCUT2D eigenvalue weighted by atomic mass is 19.4. The van der Waals surface area contributed by atoms with Crippen LogP contribution in [-0.4, -0.2) is 32.0 Å². The van der Waals surface area contributed by atoms with Gasteiger partial charge in [0.25, 0.3) is 0 Å². The molecule has 2 aromatic carbocycles. The van der Waals surface area contributed by atoms with Gasteiger partial charge in [-0.15, -0.1) is 0 Å². The second-order valence-corrected chi connectivity index (χ2v) is 6.26. The van der Waals surface area contributed by atoms with Crippen molar-refractivity contribution in [1.29, 1.82) is 0 Å². The Morgan fingerprint density at radius 2 is 1.79 bits per heavy atom. The van der Waals surface area contributed by atoms with Crippen LogP contribution < -0.4 is 9.47 Å². The van der Waals surface area contributed by atoms with Crippen LogP contribution in [0.2, 0.25) is 0 Å². The maximum Gasteiger partial charge on any atom is 0.430 e. The lowest BCUT2D eigenvalue weighted by Crippen LogP contribution is -2.40. The molecule has 28 heavy (non-hydrogen) atoms. The van der Waals surface area contributed by atoms with E-state index in [4.69, 9.17) is 14.2 Å². The molecule has 0 aromatic heterocycles. The number of hydrogen-bond acceptors (Lipinski definition) is 4. The summed E-state index contributed by atoms with van der Waals surface area (Å²) in [4.78, 5) is 11.9. The summed E-state index contributed by atoms with van der Waals surface area (Å²) in [7, 11) is 1.57. The molecule has 0 spiro atoms. The SMILES string of the molecule is CCOC(=O)C1=Cc2ccc(Cc3ccc(OC)cc3)cc2OC1C(F)(F)F. The van der Waals surface area contributed by atoms with Crippen molar-refractivity contribution in [3.8, 4) is 11.5 Å². The van der Waals surface area contributed by atoms with E-state index in [1.165, 1.54) is 13.0 Å². The van der Waals surface area contributed by atoms with Crippen LogP contribution in [0, 0.1) is 0 Å². The number of halogens is 3. The molecule has 0 bridgehead atoms. The first-order valence-corrected chi connectivity index (χ1v) is 8.69. The van der Waals surface area contributed by atoms with Crippen LogP contribution in [0.1, 0.15) is 23.6 Å². The normalized spacial score (nSPS) is 15.9. The minimum Gasteiger partial charge on any atom is -0.497 e. The van der Waals surface area contributed by atoms with Crippen molar-refractivity contribution in [3.63, 3.8) is 0 Å². The molecule has 0 saturated carbocycles. The molecule has 1 unspecified atom stereocenters. The zero-order chi connectivity index (χ0) is 20.3. The molecule has 4 nitrogen and oxygen atoms in total. The third-order valence-electron chi connectivity index (χ3n) is 4.29. The first-order chi connectivity index (χ1) is 13.3. The van der Waals surface area contributed by atoms with Crippen molar-refractivity contribution < 1.29 is 32.2 Å². The monoisotopic (exact) mass is 392 g/mol. The van der Waals surface area contributed by atoms with Crippen molar-refractivity contribution in [2.75, 3.05) is 13.7 Å². The molecule has 1 aliphatic rings. The van der Waals surface area contributed by atoms with E-state index in [9.17, 15) is 18.0 Å². The molecule has 148 valence electrons. The van der Waals surface area contributed by atoms with E-state index in [0.717, 1.165) is 16.9 Å². The van der Waals surface area contributed by atoms with Crippen molar-refractivity contribution in [2.45, 2.75) is 25.6 Å². The lowest BCUT2D eigenvalue weighted by molar-refractivity contribution is -0.187. The number of methoxy groups -OCH3 is 1. The lowest BCUT2D eigenvalue weighted by atomic mass is 9.98. The molecule has 7 heteroatoms. The van der Waals surface area contributed by atoms with Gasteiger partial charge in [-0.1, -0.05) is 24.3 Å². The van der Waals surface area contributed by atoms with Gasteiger partial charge in [-0.05, 0) is 48.7 Å². The molecule has 0 fully saturated rings. The zero-order valence-corrected chi connectivity index (χ0v) is 15.4. The minimum absolute atomic E-state index is 0.0194. The number of alkyl halides is 3. The Bertz CT molecular complexity index is 886. The summed E-state index contributed by atoms with van der Waals surface area (Å²) >= 11 is 0.